The van der Waals surface area contributed by atoms with Crippen molar-refractivity contribution in [3.63, 3.8) is 0 Å². The highest BCUT2D eigenvalue weighted by Gasteiger charge is 2.57. The van der Waals surface area contributed by atoms with Crippen LogP contribution < -0.4 is 0 Å². The Morgan fingerprint density at radius 1 is 1.23 bits per heavy atom. The molecule has 5 rings (SSSR count). The van der Waals surface area contributed by atoms with Crippen LogP contribution in [0, 0.1) is 0 Å². The van der Waals surface area contributed by atoms with Gasteiger partial charge < -0.3 is 14.8 Å². The van der Waals surface area contributed by atoms with Gasteiger partial charge in [0.2, 0.25) is 0 Å². The van der Waals surface area contributed by atoms with Crippen LogP contribution in [-0.4, -0.2) is 58.3 Å². The molecule has 2 aliphatic rings. The summed E-state index contributed by atoms with van der Waals surface area (Å²) in [6, 6.07) is 16.2. The van der Waals surface area contributed by atoms with Crippen LogP contribution in [0.25, 0.3) is 10.9 Å². The molecular formula is C25H27ClN4O. The van der Waals surface area contributed by atoms with Crippen LogP contribution in [0.1, 0.15) is 29.8 Å². The van der Waals surface area contributed by atoms with Crippen LogP contribution in [0.2, 0.25) is 5.02 Å². The number of carbonyl (C=O) groups excluding carboxylic acids is 1. The number of nitrogens with one attached hydrogen (secondary N) is 1. The van der Waals surface area contributed by atoms with E-state index in [1.54, 1.807) is 0 Å². The highest BCUT2D eigenvalue weighted by molar-refractivity contribution is 6.31. The zero-order valence-corrected chi connectivity index (χ0v) is 18.9. The van der Waals surface area contributed by atoms with Gasteiger partial charge in [0.25, 0.3) is 5.91 Å². The molecule has 2 aromatic carbocycles. The molecule has 1 aromatic heterocycles. The van der Waals surface area contributed by atoms with E-state index in [4.69, 9.17) is 11.6 Å². The Bertz CT molecular complexity index is 1180. The summed E-state index contributed by atoms with van der Waals surface area (Å²) in [6.07, 6.45) is 0.613. The fourth-order valence-electron chi connectivity index (χ4n) is 5.14. The molecule has 2 atom stereocenters. The second kappa shape index (κ2) is 7.14. The van der Waals surface area contributed by atoms with E-state index >= 15 is 0 Å². The Kier molecular flexibility index (Phi) is 4.65. The normalized spacial score (nSPS) is 23.1. The number of aromatic amines is 1. The Hall–Kier alpha value is -2.76. The number of fused-ring (bicyclic) bond motifs is 4. The SMILES string of the molecule is C=C1N(CCN(C)C)C(=O)[C@]2(C)Cc3c([nH]c4ccc(Cl)cc34)[C@@H](c3ccccc3)N12. The summed E-state index contributed by atoms with van der Waals surface area (Å²) in [4.78, 5) is 23.6. The zero-order valence-electron chi connectivity index (χ0n) is 18.2. The third-order valence-corrected chi connectivity index (χ3v) is 6.90. The maximum atomic E-state index is 13.8. The number of halogens is 1. The molecule has 6 heteroatoms. The molecule has 3 aromatic rings. The summed E-state index contributed by atoms with van der Waals surface area (Å²) >= 11 is 6.35. The molecule has 0 radical (unpaired) electrons. The zero-order chi connectivity index (χ0) is 21.9. The lowest BCUT2D eigenvalue weighted by atomic mass is 9.81. The number of nitrogens with zero attached hydrogens (tertiary/aromatic N) is 3. The number of rotatable bonds is 4. The van der Waals surface area contributed by atoms with Crippen LogP contribution in [0.15, 0.2) is 60.9 Å². The van der Waals surface area contributed by atoms with Crippen molar-refractivity contribution >= 4 is 28.4 Å². The van der Waals surface area contributed by atoms with Gasteiger partial charge in [-0.1, -0.05) is 48.5 Å². The molecule has 0 spiro atoms. The first-order valence-electron chi connectivity index (χ1n) is 10.6. The van der Waals surface area contributed by atoms with Gasteiger partial charge in [-0.05, 0) is 50.3 Å². The van der Waals surface area contributed by atoms with Crippen molar-refractivity contribution in [3.05, 3.63) is 82.8 Å². The summed E-state index contributed by atoms with van der Waals surface area (Å²) in [5, 5.41) is 1.79. The molecule has 1 N–H and O–H groups in total. The lowest BCUT2D eigenvalue weighted by molar-refractivity contribution is -0.133. The molecule has 160 valence electrons. The van der Waals surface area contributed by atoms with Crippen molar-refractivity contribution in [2.24, 2.45) is 0 Å². The maximum Gasteiger partial charge on any atom is 0.254 e. The van der Waals surface area contributed by atoms with Gasteiger partial charge in [0, 0.05) is 41.1 Å². The number of amides is 1. The number of H-pyrrole nitrogens is 1. The number of carbonyl (C=O) groups is 1. The van der Waals surface area contributed by atoms with Crippen LogP contribution in [0.4, 0.5) is 0 Å². The van der Waals surface area contributed by atoms with Crippen molar-refractivity contribution in [1.29, 1.82) is 0 Å². The second-order valence-electron chi connectivity index (χ2n) is 9.02. The highest BCUT2D eigenvalue weighted by Crippen LogP contribution is 2.51. The van der Waals surface area contributed by atoms with E-state index in [0.717, 1.165) is 34.5 Å². The number of likely N-dealkylation sites (N-methyl/N-ethyl adjacent to an activating group) is 1. The molecule has 5 nitrogen and oxygen atoms in total. The van der Waals surface area contributed by atoms with Crippen LogP contribution in [0.3, 0.4) is 0 Å². The monoisotopic (exact) mass is 434 g/mol. The fourth-order valence-corrected chi connectivity index (χ4v) is 5.31. The standard InChI is InChI=1S/C25H27ClN4O/c1-16-29(13-12-28(3)4)24(31)25(2)15-20-19-14-18(26)10-11-21(19)27-22(20)23(30(16)25)17-8-6-5-7-9-17/h5-11,14,23,27H,1,12-13,15H2,2-4H3/t23-,25+/m1/s1. The van der Waals surface area contributed by atoms with Crippen molar-refractivity contribution in [2.75, 3.05) is 27.2 Å². The molecule has 3 heterocycles. The minimum absolute atomic E-state index is 0.113. The fraction of sp³-hybridized carbons (Fsp3) is 0.320. The van der Waals surface area contributed by atoms with Gasteiger partial charge in [0.05, 0.1) is 6.04 Å². The van der Waals surface area contributed by atoms with Gasteiger partial charge in [-0.2, -0.15) is 0 Å². The van der Waals surface area contributed by atoms with E-state index in [1.165, 1.54) is 5.56 Å². The topological polar surface area (TPSA) is 42.6 Å². The molecule has 0 aliphatic carbocycles. The second-order valence-corrected chi connectivity index (χ2v) is 9.45. The van der Waals surface area contributed by atoms with E-state index < -0.39 is 5.54 Å². The predicted molar refractivity (Wildman–Crippen MR) is 125 cm³/mol. The first-order valence-corrected chi connectivity index (χ1v) is 11.0. The Morgan fingerprint density at radius 3 is 2.68 bits per heavy atom. The predicted octanol–water partition coefficient (Wildman–Crippen LogP) is 4.40. The molecule has 0 saturated carbocycles. The largest absolute Gasteiger partial charge is 0.356 e. The van der Waals surface area contributed by atoms with Gasteiger partial charge in [-0.3, -0.25) is 9.69 Å². The van der Waals surface area contributed by atoms with E-state index in [2.05, 4.69) is 40.4 Å². The van der Waals surface area contributed by atoms with Gasteiger partial charge >= 0.3 is 0 Å². The van der Waals surface area contributed by atoms with Crippen molar-refractivity contribution in [1.82, 2.24) is 19.7 Å². The van der Waals surface area contributed by atoms with Crippen LogP contribution in [0.5, 0.6) is 0 Å². The summed E-state index contributed by atoms with van der Waals surface area (Å²) in [7, 11) is 4.04. The molecule has 0 bridgehead atoms. The lowest BCUT2D eigenvalue weighted by Crippen LogP contribution is -2.52. The highest BCUT2D eigenvalue weighted by atomic mass is 35.5. The average Bonchev–Trinajstić information content (AvgIpc) is 3.18. The smallest absolute Gasteiger partial charge is 0.254 e. The van der Waals surface area contributed by atoms with Gasteiger partial charge in [-0.25, -0.2) is 0 Å². The van der Waals surface area contributed by atoms with Crippen LogP contribution in [-0.2, 0) is 11.2 Å². The van der Waals surface area contributed by atoms with E-state index in [-0.39, 0.29) is 11.9 Å². The molecule has 1 saturated heterocycles. The number of aromatic nitrogens is 1. The summed E-state index contributed by atoms with van der Waals surface area (Å²) in [5.41, 5.74) is 3.76. The molecule has 31 heavy (non-hydrogen) atoms. The first kappa shape index (κ1) is 20.2. The van der Waals surface area contributed by atoms with Gasteiger partial charge in [0.1, 0.15) is 11.4 Å². The maximum absolute atomic E-state index is 13.8. The molecule has 1 amide bonds. The number of hydrogen-bond acceptors (Lipinski definition) is 3. The quantitative estimate of drug-likeness (QED) is 0.661. The Morgan fingerprint density at radius 2 is 1.97 bits per heavy atom. The number of benzene rings is 2. The van der Waals surface area contributed by atoms with Gasteiger partial charge in [-0.15, -0.1) is 0 Å². The van der Waals surface area contributed by atoms with Crippen molar-refractivity contribution in [3.8, 4) is 0 Å². The molecular weight excluding hydrogens is 408 g/mol. The Labute approximate surface area is 187 Å². The third kappa shape index (κ3) is 2.99. The molecule has 2 aliphatic heterocycles. The average molecular weight is 435 g/mol. The van der Waals surface area contributed by atoms with E-state index in [9.17, 15) is 4.79 Å². The summed E-state index contributed by atoms with van der Waals surface area (Å²) in [5.74, 6) is 0.882. The minimum Gasteiger partial charge on any atom is -0.356 e. The van der Waals surface area contributed by atoms with Crippen LogP contribution >= 0.6 is 11.6 Å². The summed E-state index contributed by atoms with van der Waals surface area (Å²) < 4.78 is 0. The first-order chi connectivity index (χ1) is 14.8. The van der Waals surface area contributed by atoms with Crippen molar-refractivity contribution in [2.45, 2.75) is 24.9 Å². The van der Waals surface area contributed by atoms with E-state index in [1.807, 2.05) is 55.4 Å². The third-order valence-electron chi connectivity index (χ3n) is 6.67. The van der Waals surface area contributed by atoms with Gasteiger partial charge in [0.15, 0.2) is 0 Å². The molecule has 0 unspecified atom stereocenters. The molecule has 1 fully saturated rings. The Balaban J connectivity index is 1.71. The number of hydrogen-bond donors (Lipinski definition) is 1. The minimum atomic E-state index is -0.700. The van der Waals surface area contributed by atoms with E-state index in [0.29, 0.717) is 18.0 Å². The summed E-state index contributed by atoms with van der Waals surface area (Å²) in [6.45, 7) is 7.85. The lowest BCUT2D eigenvalue weighted by Gasteiger charge is -2.44. The van der Waals surface area contributed by atoms with Crippen molar-refractivity contribution < 1.29 is 4.79 Å².